The monoisotopic (exact) mass is 515 g/mol. The molecule has 0 radical (unpaired) electrons. The third-order valence-electron chi connectivity index (χ3n) is 4.80. The van der Waals surface area contributed by atoms with Gasteiger partial charge in [-0.2, -0.15) is 4.31 Å². The Bertz CT molecular complexity index is 1240. The molecule has 0 atom stereocenters. The Hall–Kier alpha value is -2.32. The fraction of sp³-hybridized carbons (Fsp3) is 0.350. The standard InChI is InChI=1S/C20H25N3O7S3/c1-14(24)21-17-13-16(5-7-19(17)31-3)32(25,26)22-15-4-6-18(29-2)20(12-15)33(27,28)23-8-10-30-11-9-23/h4-7,12-13,22H,8-11H2,1-3H3,(H,21,24). The zero-order chi connectivity index (χ0) is 24.2. The van der Waals surface area contributed by atoms with Gasteiger partial charge in [0, 0.05) is 24.9 Å². The van der Waals surface area contributed by atoms with Gasteiger partial charge < -0.3 is 14.8 Å². The molecule has 1 saturated heterocycles. The summed E-state index contributed by atoms with van der Waals surface area (Å²) in [6.45, 7) is 2.26. The maximum absolute atomic E-state index is 13.1. The van der Waals surface area contributed by atoms with Crippen LogP contribution in [0.4, 0.5) is 11.4 Å². The first-order chi connectivity index (χ1) is 15.6. The van der Waals surface area contributed by atoms with Gasteiger partial charge in [0.25, 0.3) is 10.0 Å². The molecule has 1 aliphatic rings. The molecule has 0 aliphatic carbocycles. The third-order valence-corrected chi connectivity index (χ3v) is 8.89. The molecule has 1 heterocycles. The predicted molar refractivity (Wildman–Crippen MR) is 126 cm³/mol. The fourth-order valence-electron chi connectivity index (χ4n) is 3.22. The van der Waals surface area contributed by atoms with Crippen molar-refractivity contribution in [3.63, 3.8) is 0 Å². The molecular formula is C20H25N3O7S3. The normalized spacial score (nSPS) is 15.1. The van der Waals surface area contributed by atoms with Crippen molar-refractivity contribution < 1.29 is 31.1 Å². The number of anilines is 2. The zero-order valence-corrected chi connectivity index (χ0v) is 20.8. The van der Waals surface area contributed by atoms with E-state index in [1.165, 1.54) is 60.4 Å². The van der Waals surface area contributed by atoms with Gasteiger partial charge in [-0.05, 0) is 42.7 Å². The van der Waals surface area contributed by atoms with E-state index in [9.17, 15) is 21.6 Å². The van der Waals surface area contributed by atoms with E-state index < -0.39 is 20.0 Å². The number of methoxy groups -OCH3 is 1. The van der Waals surface area contributed by atoms with E-state index in [0.717, 1.165) is 0 Å². The molecule has 2 aromatic carbocycles. The lowest BCUT2D eigenvalue weighted by Gasteiger charge is -2.26. The van der Waals surface area contributed by atoms with E-state index in [4.69, 9.17) is 9.47 Å². The number of benzene rings is 2. The number of nitrogens with one attached hydrogen (secondary N) is 2. The number of carbonyl (C=O) groups excluding carboxylic acids is 1. The highest BCUT2D eigenvalue weighted by atomic mass is 32.2. The first kappa shape index (κ1) is 25.3. The van der Waals surface area contributed by atoms with E-state index >= 15 is 0 Å². The van der Waals surface area contributed by atoms with Crippen LogP contribution in [0, 0.1) is 0 Å². The van der Waals surface area contributed by atoms with Crippen LogP contribution in [0.3, 0.4) is 0 Å². The minimum Gasteiger partial charge on any atom is -0.495 e. The molecule has 2 aromatic rings. The van der Waals surface area contributed by atoms with Crippen LogP contribution in [-0.4, -0.2) is 66.7 Å². The summed E-state index contributed by atoms with van der Waals surface area (Å²) >= 11 is 1.36. The summed E-state index contributed by atoms with van der Waals surface area (Å²) in [5, 5.41) is 2.62. The maximum Gasteiger partial charge on any atom is 0.261 e. The van der Waals surface area contributed by atoms with Crippen molar-refractivity contribution in [1.29, 1.82) is 0 Å². The van der Waals surface area contributed by atoms with E-state index in [1.54, 1.807) is 12.3 Å². The Labute approximate surface area is 197 Å². The number of thioether (sulfide) groups is 1. The van der Waals surface area contributed by atoms with E-state index in [1.807, 2.05) is 0 Å². The molecule has 1 aliphatic heterocycles. The van der Waals surface area contributed by atoms with Crippen molar-refractivity contribution in [2.45, 2.75) is 21.6 Å². The fourth-order valence-corrected chi connectivity index (χ4v) is 6.42. The van der Waals surface area contributed by atoms with Gasteiger partial charge in [0.2, 0.25) is 15.9 Å². The second-order valence-electron chi connectivity index (χ2n) is 7.03. The van der Waals surface area contributed by atoms with Crippen LogP contribution in [-0.2, 0) is 29.6 Å². The van der Waals surface area contributed by atoms with Crippen LogP contribution < -0.4 is 14.8 Å². The summed E-state index contributed by atoms with van der Waals surface area (Å²) in [7, 11) is -6.67. The molecule has 13 heteroatoms. The Morgan fingerprint density at radius 1 is 1.09 bits per heavy atom. The molecule has 0 unspecified atom stereocenters. The molecule has 0 spiro atoms. The Balaban J connectivity index is 1.96. The van der Waals surface area contributed by atoms with E-state index in [0.29, 0.717) is 10.6 Å². The SMILES string of the molecule is COc1ccc(NS(=O)(=O)c2ccc(SC)c(NC(C)=O)c2)cc1S(=O)(=O)N1CCOCC1. The number of amides is 1. The molecule has 0 bridgehead atoms. The van der Waals surface area contributed by atoms with Crippen LogP contribution in [0.1, 0.15) is 6.92 Å². The zero-order valence-electron chi connectivity index (χ0n) is 18.3. The van der Waals surface area contributed by atoms with Gasteiger partial charge in [-0.25, -0.2) is 16.8 Å². The average molecular weight is 516 g/mol. The predicted octanol–water partition coefficient (Wildman–Crippen LogP) is 2.20. The van der Waals surface area contributed by atoms with Gasteiger partial charge in [-0.3, -0.25) is 9.52 Å². The quantitative estimate of drug-likeness (QED) is 0.512. The Kier molecular flexibility index (Phi) is 7.90. The number of ether oxygens (including phenoxy) is 2. The highest BCUT2D eigenvalue weighted by Gasteiger charge is 2.30. The average Bonchev–Trinajstić information content (AvgIpc) is 2.79. The minimum atomic E-state index is -4.08. The molecular weight excluding hydrogens is 490 g/mol. The van der Waals surface area contributed by atoms with Crippen LogP contribution in [0.2, 0.25) is 0 Å². The largest absolute Gasteiger partial charge is 0.495 e. The number of morpholine rings is 1. The molecule has 0 aromatic heterocycles. The van der Waals surface area contributed by atoms with Crippen LogP contribution in [0.15, 0.2) is 51.1 Å². The van der Waals surface area contributed by atoms with Gasteiger partial charge in [-0.1, -0.05) is 0 Å². The van der Waals surface area contributed by atoms with Gasteiger partial charge in [-0.15, -0.1) is 11.8 Å². The first-order valence-electron chi connectivity index (χ1n) is 9.83. The second-order valence-corrected chi connectivity index (χ2v) is 11.5. The third kappa shape index (κ3) is 5.79. The topological polar surface area (TPSA) is 131 Å². The molecule has 1 amide bonds. The number of sulfonamides is 2. The van der Waals surface area contributed by atoms with Crippen molar-refractivity contribution in [3.05, 3.63) is 36.4 Å². The second kappa shape index (κ2) is 10.3. The summed E-state index contributed by atoms with van der Waals surface area (Å²) < 4.78 is 66.4. The number of nitrogens with zero attached hydrogens (tertiary/aromatic N) is 1. The minimum absolute atomic E-state index is 0.0534. The van der Waals surface area contributed by atoms with Crippen LogP contribution in [0.25, 0.3) is 0 Å². The molecule has 10 nitrogen and oxygen atoms in total. The van der Waals surface area contributed by atoms with Crippen molar-refractivity contribution in [2.24, 2.45) is 0 Å². The van der Waals surface area contributed by atoms with E-state index in [-0.39, 0.29) is 53.4 Å². The number of rotatable bonds is 8. The highest BCUT2D eigenvalue weighted by molar-refractivity contribution is 7.98. The summed E-state index contributed by atoms with van der Waals surface area (Å²) in [6.07, 6.45) is 1.81. The van der Waals surface area contributed by atoms with Crippen LogP contribution in [0.5, 0.6) is 5.75 Å². The van der Waals surface area contributed by atoms with Gasteiger partial charge in [0.15, 0.2) is 0 Å². The summed E-state index contributed by atoms with van der Waals surface area (Å²) in [4.78, 5) is 12.0. The van der Waals surface area contributed by atoms with E-state index in [2.05, 4.69) is 10.0 Å². The van der Waals surface area contributed by atoms with Gasteiger partial charge in [0.05, 0.1) is 36.6 Å². The summed E-state index contributed by atoms with van der Waals surface area (Å²) in [5.41, 5.74) is 0.417. The first-order valence-corrected chi connectivity index (χ1v) is 14.0. The molecule has 3 rings (SSSR count). The number of hydrogen-bond acceptors (Lipinski definition) is 8. The summed E-state index contributed by atoms with van der Waals surface area (Å²) in [5.74, 6) is -0.234. The lowest BCUT2D eigenvalue weighted by molar-refractivity contribution is -0.114. The maximum atomic E-state index is 13.1. The lowest BCUT2D eigenvalue weighted by atomic mass is 10.3. The Morgan fingerprint density at radius 2 is 1.79 bits per heavy atom. The van der Waals surface area contributed by atoms with Crippen molar-refractivity contribution >= 4 is 49.1 Å². The van der Waals surface area contributed by atoms with Crippen molar-refractivity contribution in [3.8, 4) is 5.75 Å². The van der Waals surface area contributed by atoms with Crippen molar-refractivity contribution in [1.82, 2.24) is 4.31 Å². The lowest BCUT2D eigenvalue weighted by Crippen LogP contribution is -2.40. The van der Waals surface area contributed by atoms with Crippen LogP contribution >= 0.6 is 11.8 Å². The van der Waals surface area contributed by atoms with Gasteiger partial charge in [0.1, 0.15) is 10.6 Å². The van der Waals surface area contributed by atoms with Gasteiger partial charge >= 0.3 is 0 Å². The smallest absolute Gasteiger partial charge is 0.261 e. The Morgan fingerprint density at radius 3 is 2.39 bits per heavy atom. The molecule has 1 fully saturated rings. The highest BCUT2D eigenvalue weighted by Crippen LogP contribution is 2.32. The molecule has 180 valence electrons. The molecule has 0 saturated carbocycles. The number of carbonyl (C=O) groups is 1. The molecule has 2 N–H and O–H groups in total. The van der Waals surface area contributed by atoms with Crippen molar-refractivity contribution in [2.75, 3.05) is 49.7 Å². The summed E-state index contributed by atoms with van der Waals surface area (Å²) in [6, 6.07) is 8.39. The molecule has 33 heavy (non-hydrogen) atoms. The number of hydrogen-bond donors (Lipinski definition) is 2.